The molecule has 0 fully saturated rings. The van der Waals surface area contributed by atoms with Gasteiger partial charge in [-0.3, -0.25) is 13.9 Å². The number of benzene rings is 2. The fourth-order valence-electron chi connectivity index (χ4n) is 3.84. The molecule has 2 aromatic carbocycles. The monoisotopic (exact) mass is 503 g/mol. The Morgan fingerprint density at radius 3 is 2.34 bits per heavy atom. The van der Waals surface area contributed by atoms with Crippen LogP contribution >= 0.6 is 0 Å². The number of ether oxygens (including phenoxy) is 2. The lowest BCUT2D eigenvalue weighted by atomic mass is 10.1. The van der Waals surface area contributed by atoms with Gasteiger partial charge in [-0.2, -0.15) is 0 Å². The molecular formula is C25H33N3O6S. The second-order valence-electron chi connectivity index (χ2n) is 8.54. The number of hydrogen-bond acceptors (Lipinski definition) is 6. The minimum absolute atomic E-state index is 0.0479. The Bertz CT molecular complexity index is 1140. The van der Waals surface area contributed by atoms with Crippen LogP contribution in [0.15, 0.2) is 48.5 Å². The minimum Gasteiger partial charge on any atom is -0.454 e. The van der Waals surface area contributed by atoms with Crippen LogP contribution < -0.4 is 19.1 Å². The lowest BCUT2D eigenvalue weighted by molar-refractivity contribution is -0.140. The van der Waals surface area contributed by atoms with Crippen molar-refractivity contribution >= 4 is 27.5 Å². The molecule has 0 bridgehead atoms. The van der Waals surface area contributed by atoms with Gasteiger partial charge in [-0.15, -0.1) is 0 Å². The molecule has 2 aromatic rings. The standard InChI is InChI=1S/C25H33N3O6S/c1-5-21(25(30)26-18(3)4)27(15-19-10-8-7-9-11-19)24(29)16-28(35(31,32)6-2)20-12-13-22-23(14-20)34-17-33-22/h7-14,18,21H,5-6,15-17H2,1-4H3,(H,26,30). The number of sulfonamides is 1. The summed E-state index contributed by atoms with van der Waals surface area (Å²) in [4.78, 5) is 28.1. The highest BCUT2D eigenvalue weighted by Gasteiger charge is 2.33. The van der Waals surface area contributed by atoms with Crippen LogP contribution in [0.5, 0.6) is 11.5 Å². The summed E-state index contributed by atoms with van der Waals surface area (Å²) >= 11 is 0. The normalized spacial score (nSPS) is 13.4. The molecule has 35 heavy (non-hydrogen) atoms. The third kappa shape index (κ3) is 6.45. The molecule has 9 nitrogen and oxygen atoms in total. The smallest absolute Gasteiger partial charge is 0.244 e. The number of fused-ring (bicyclic) bond motifs is 1. The molecule has 0 spiro atoms. The Morgan fingerprint density at radius 1 is 1.03 bits per heavy atom. The number of anilines is 1. The van der Waals surface area contributed by atoms with Crippen LogP contribution in [0, 0.1) is 0 Å². The molecule has 0 aliphatic carbocycles. The summed E-state index contributed by atoms with van der Waals surface area (Å²) in [5.74, 6) is -0.0291. The lowest BCUT2D eigenvalue weighted by Gasteiger charge is -2.33. The highest BCUT2D eigenvalue weighted by atomic mass is 32.2. The van der Waals surface area contributed by atoms with Gasteiger partial charge in [-0.05, 0) is 44.9 Å². The van der Waals surface area contributed by atoms with E-state index in [0.717, 1.165) is 9.87 Å². The Kier molecular flexibility index (Phi) is 8.61. The zero-order valence-corrected chi connectivity index (χ0v) is 21.4. The maximum Gasteiger partial charge on any atom is 0.244 e. The molecule has 190 valence electrons. The number of nitrogens with zero attached hydrogens (tertiary/aromatic N) is 2. The molecule has 0 saturated heterocycles. The van der Waals surface area contributed by atoms with Crippen LogP contribution in [0.2, 0.25) is 0 Å². The molecule has 10 heteroatoms. The van der Waals surface area contributed by atoms with Crippen LogP contribution in [0.4, 0.5) is 5.69 Å². The van der Waals surface area contributed by atoms with E-state index in [9.17, 15) is 18.0 Å². The largest absolute Gasteiger partial charge is 0.454 e. The molecule has 3 rings (SSSR count). The number of carbonyl (C=O) groups is 2. The molecule has 0 aromatic heterocycles. The summed E-state index contributed by atoms with van der Waals surface area (Å²) in [5.41, 5.74) is 1.13. The number of nitrogens with one attached hydrogen (secondary N) is 1. The van der Waals surface area contributed by atoms with Crippen molar-refractivity contribution in [1.29, 1.82) is 0 Å². The summed E-state index contributed by atoms with van der Waals surface area (Å²) in [6, 6.07) is 13.2. The van der Waals surface area contributed by atoms with Crippen molar-refractivity contribution in [2.75, 3.05) is 23.4 Å². The lowest BCUT2D eigenvalue weighted by Crippen LogP contribution is -2.53. The highest BCUT2D eigenvalue weighted by molar-refractivity contribution is 7.92. The third-order valence-corrected chi connectivity index (χ3v) is 7.38. The van der Waals surface area contributed by atoms with E-state index in [0.29, 0.717) is 23.6 Å². The fourth-order valence-corrected chi connectivity index (χ4v) is 4.89. The second-order valence-corrected chi connectivity index (χ2v) is 10.7. The molecule has 1 heterocycles. The fraction of sp³-hybridized carbons (Fsp3) is 0.440. The number of amides is 2. The quantitative estimate of drug-likeness (QED) is 0.506. The van der Waals surface area contributed by atoms with Gasteiger partial charge in [-0.25, -0.2) is 8.42 Å². The Labute approximate surface area is 207 Å². The summed E-state index contributed by atoms with van der Waals surface area (Å²) in [7, 11) is -3.81. The van der Waals surface area contributed by atoms with Crippen molar-refractivity contribution in [2.24, 2.45) is 0 Å². The molecule has 1 atom stereocenters. The van der Waals surface area contributed by atoms with E-state index < -0.39 is 28.5 Å². The Balaban J connectivity index is 1.96. The SMILES string of the molecule is CCC(C(=O)NC(C)C)N(Cc1ccccc1)C(=O)CN(c1ccc2c(c1)OCO2)S(=O)(=O)CC. The van der Waals surface area contributed by atoms with E-state index in [2.05, 4.69) is 5.32 Å². The first-order chi connectivity index (χ1) is 16.7. The van der Waals surface area contributed by atoms with E-state index in [1.165, 1.54) is 11.8 Å². The van der Waals surface area contributed by atoms with Crippen molar-refractivity contribution < 1.29 is 27.5 Å². The van der Waals surface area contributed by atoms with Gasteiger partial charge >= 0.3 is 0 Å². The van der Waals surface area contributed by atoms with Crippen molar-refractivity contribution in [3.05, 3.63) is 54.1 Å². The molecule has 2 amide bonds. The molecule has 1 aliphatic rings. The van der Waals surface area contributed by atoms with E-state index >= 15 is 0 Å². The van der Waals surface area contributed by atoms with E-state index in [4.69, 9.17) is 9.47 Å². The molecule has 1 N–H and O–H groups in total. The van der Waals surface area contributed by atoms with Crippen LogP contribution in [0.25, 0.3) is 0 Å². The van der Waals surface area contributed by atoms with Gasteiger partial charge in [0.05, 0.1) is 11.4 Å². The number of carbonyl (C=O) groups excluding carboxylic acids is 2. The average molecular weight is 504 g/mol. The van der Waals surface area contributed by atoms with Crippen molar-refractivity contribution in [1.82, 2.24) is 10.2 Å². The summed E-state index contributed by atoms with van der Waals surface area (Å²) in [6.45, 7) is 6.82. The van der Waals surface area contributed by atoms with E-state index in [1.807, 2.05) is 51.1 Å². The van der Waals surface area contributed by atoms with Crippen LogP contribution in [-0.2, 0) is 26.2 Å². The zero-order chi connectivity index (χ0) is 25.6. The second kappa shape index (κ2) is 11.4. The first-order valence-corrected chi connectivity index (χ1v) is 13.3. The average Bonchev–Trinajstić information content (AvgIpc) is 3.30. The van der Waals surface area contributed by atoms with Crippen molar-refractivity contribution in [3.8, 4) is 11.5 Å². The summed E-state index contributed by atoms with van der Waals surface area (Å²) < 4.78 is 37.9. The third-order valence-electron chi connectivity index (χ3n) is 5.64. The summed E-state index contributed by atoms with van der Waals surface area (Å²) in [6.07, 6.45) is 0.377. The minimum atomic E-state index is -3.81. The summed E-state index contributed by atoms with van der Waals surface area (Å²) in [5, 5.41) is 2.87. The number of rotatable bonds is 11. The predicted octanol–water partition coefficient (Wildman–Crippen LogP) is 2.90. The van der Waals surface area contributed by atoms with Crippen LogP contribution in [0.1, 0.15) is 39.7 Å². The maximum atomic E-state index is 13.7. The van der Waals surface area contributed by atoms with Gasteiger partial charge in [0.25, 0.3) is 0 Å². The molecule has 1 unspecified atom stereocenters. The van der Waals surface area contributed by atoms with Gasteiger partial charge in [-0.1, -0.05) is 37.3 Å². The van der Waals surface area contributed by atoms with Crippen molar-refractivity contribution in [3.63, 3.8) is 0 Å². The van der Waals surface area contributed by atoms with Crippen molar-refractivity contribution in [2.45, 2.75) is 52.7 Å². The van der Waals surface area contributed by atoms with Gasteiger partial charge in [0.15, 0.2) is 11.5 Å². The van der Waals surface area contributed by atoms with E-state index in [-0.39, 0.29) is 31.0 Å². The van der Waals surface area contributed by atoms with Gasteiger partial charge in [0, 0.05) is 18.7 Å². The molecule has 1 aliphatic heterocycles. The predicted molar refractivity (Wildman–Crippen MR) is 134 cm³/mol. The first-order valence-electron chi connectivity index (χ1n) is 11.7. The van der Waals surface area contributed by atoms with Crippen LogP contribution in [0.3, 0.4) is 0 Å². The first kappa shape index (κ1) is 26.3. The van der Waals surface area contributed by atoms with Crippen LogP contribution in [-0.4, -0.2) is 56.3 Å². The van der Waals surface area contributed by atoms with Gasteiger partial charge < -0.3 is 19.7 Å². The number of hydrogen-bond donors (Lipinski definition) is 1. The van der Waals surface area contributed by atoms with Gasteiger partial charge in [0.2, 0.25) is 28.6 Å². The maximum absolute atomic E-state index is 13.7. The Morgan fingerprint density at radius 2 is 1.71 bits per heavy atom. The highest BCUT2D eigenvalue weighted by Crippen LogP contribution is 2.36. The zero-order valence-electron chi connectivity index (χ0n) is 20.6. The molecular weight excluding hydrogens is 470 g/mol. The molecule has 0 saturated carbocycles. The molecule has 0 radical (unpaired) electrons. The Hall–Kier alpha value is -3.27. The van der Waals surface area contributed by atoms with E-state index in [1.54, 1.807) is 18.2 Å². The topological polar surface area (TPSA) is 105 Å². The van der Waals surface area contributed by atoms with Gasteiger partial charge in [0.1, 0.15) is 12.6 Å².